The van der Waals surface area contributed by atoms with E-state index in [1.165, 1.54) is 11.8 Å². The van der Waals surface area contributed by atoms with E-state index in [1.807, 2.05) is 78.9 Å². The van der Waals surface area contributed by atoms with Crippen LogP contribution >= 0.6 is 11.8 Å². The quantitative estimate of drug-likeness (QED) is 0.330. The first-order valence-corrected chi connectivity index (χ1v) is 10.9. The Balaban J connectivity index is 1.38. The molecule has 162 valence electrons. The lowest BCUT2D eigenvalue weighted by molar-refractivity contribution is -0.115. The molecule has 0 aliphatic heterocycles. The maximum absolute atomic E-state index is 13.1. The molecule has 3 aromatic carbocycles. The molecule has 32 heavy (non-hydrogen) atoms. The number of rotatable bonds is 9. The van der Waals surface area contributed by atoms with Gasteiger partial charge in [0.25, 0.3) is 11.1 Å². The molecule has 0 fully saturated rings. The molecule has 4 rings (SSSR count). The van der Waals surface area contributed by atoms with Gasteiger partial charge in [-0.1, -0.05) is 54.2 Å². The van der Waals surface area contributed by atoms with Crippen LogP contribution in [0.25, 0.3) is 0 Å². The third-order valence-electron chi connectivity index (χ3n) is 4.45. The molecule has 0 bridgehead atoms. The molecule has 0 saturated carbocycles. The average molecular weight is 448 g/mol. The first kappa shape index (κ1) is 21.5. The Bertz CT molecular complexity index is 1110. The molecule has 4 aromatic rings. The zero-order valence-electron chi connectivity index (χ0n) is 17.4. The monoisotopic (exact) mass is 447 g/mol. The van der Waals surface area contributed by atoms with Gasteiger partial charge in [0.2, 0.25) is 5.91 Å². The van der Waals surface area contributed by atoms with Gasteiger partial charge in [-0.25, -0.2) is 0 Å². The number of amides is 1. The lowest BCUT2D eigenvalue weighted by Crippen LogP contribution is -2.27. The summed E-state index contributed by atoms with van der Waals surface area (Å²) in [7, 11) is 1.60. The fourth-order valence-electron chi connectivity index (χ4n) is 2.97. The van der Waals surface area contributed by atoms with Gasteiger partial charge in [0.15, 0.2) is 6.61 Å². The third-order valence-corrected chi connectivity index (χ3v) is 5.25. The van der Waals surface area contributed by atoms with E-state index in [9.17, 15) is 4.79 Å². The van der Waals surface area contributed by atoms with Crippen LogP contribution in [0.5, 0.6) is 11.5 Å². The van der Waals surface area contributed by atoms with E-state index in [2.05, 4.69) is 10.2 Å². The SMILES string of the molecule is COc1cccc(OCc2nnc(SCC(=O)N(c3ccccc3)c3ccccc3)o2)c1. The predicted octanol–water partition coefficient (Wildman–Crippen LogP) is 5.11. The molecule has 1 aromatic heterocycles. The molecule has 0 spiro atoms. The van der Waals surface area contributed by atoms with Crippen molar-refractivity contribution >= 4 is 29.0 Å². The standard InChI is InChI=1S/C24H21N3O4S/c1-29-20-13-8-14-21(15-20)30-16-22-25-26-24(31-22)32-17-23(28)27(18-9-4-2-5-10-18)19-11-6-3-7-12-19/h2-15H,16-17H2,1H3. The fraction of sp³-hybridized carbons (Fsp3) is 0.125. The number of carbonyl (C=O) groups excluding carboxylic acids is 1. The molecule has 8 heteroatoms. The van der Waals surface area contributed by atoms with Crippen LogP contribution in [0.2, 0.25) is 0 Å². The van der Waals surface area contributed by atoms with Crippen molar-refractivity contribution < 1.29 is 18.7 Å². The van der Waals surface area contributed by atoms with Crippen LogP contribution in [0, 0.1) is 0 Å². The Hall–Kier alpha value is -3.78. The molecule has 0 unspecified atom stereocenters. The smallest absolute Gasteiger partial charge is 0.277 e. The summed E-state index contributed by atoms with van der Waals surface area (Å²) in [5, 5.41) is 8.31. The molecular formula is C24H21N3O4S. The van der Waals surface area contributed by atoms with E-state index in [-0.39, 0.29) is 18.3 Å². The van der Waals surface area contributed by atoms with Crippen LogP contribution < -0.4 is 14.4 Å². The number of para-hydroxylation sites is 2. The number of carbonyl (C=O) groups is 1. The molecule has 0 radical (unpaired) electrons. The minimum atomic E-state index is -0.0974. The van der Waals surface area contributed by atoms with Crippen LogP contribution in [0.3, 0.4) is 0 Å². The van der Waals surface area contributed by atoms with Crippen LogP contribution in [-0.2, 0) is 11.4 Å². The lowest BCUT2D eigenvalue weighted by atomic mass is 10.2. The molecule has 0 aliphatic rings. The van der Waals surface area contributed by atoms with Gasteiger partial charge in [0, 0.05) is 17.4 Å². The van der Waals surface area contributed by atoms with Gasteiger partial charge in [-0.2, -0.15) is 0 Å². The molecule has 0 N–H and O–H groups in total. The summed E-state index contributed by atoms with van der Waals surface area (Å²) in [6.45, 7) is 0.120. The highest BCUT2D eigenvalue weighted by Crippen LogP contribution is 2.27. The maximum atomic E-state index is 13.1. The van der Waals surface area contributed by atoms with Gasteiger partial charge in [-0.15, -0.1) is 10.2 Å². The summed E-state index contributed by atoms with van der Waals surface area (Å²) in [6, 6.07) is 26.3. The second kappa shape index (κ2) is 10.5. The van der Waals surface area contributed by atoms with Gasteiger partial charge < -0.3 is 13.9 Å². The van der Waals surface area contributed by atoms with Crippen molar-refractivity contribution in [2.24, 2.45) is 0 Å². The number of hydrogen-bond acceptors (Lipinski definition) is 7. The molecule has 0 aliphatic carbocycles. The van der Waals surface area contributed by atoms with E-state index >= 15 is 0 Å². The number of nitrogens with zero attached hydrogens (tertiary/aromatic N) is 3. The lowest BCUT2D eigenvalue weighted by Gasteiger charge is -2.22. The summed E-state index contributed by atoms with van der Waals surface area (Å²) in [4.78, 5) is 14.8. The van der Waals surface area contributed by atoms with Crippen molar-refractivity contribution in [3.63, 3.8) is 0 Å². The highest BCUT2D eigenvalue weighted by Gasteiger charge is 2.19. The summed E-state index contributed by atoms with van der Waals surface area (Å²) in [5.41, 5.74) is 1.59. The maximum Gasteiger partial charge on any atom is 0.277 e. The Kier molecular flexibility index (Phi) is 7.04. The number of aromatic nitrogens is 2. The summed E-state index contributed by atoms with van der Waals surface area (Å²) < 4.78 is 16.5. The van der Waals surface area contributed by atoms with Crippen LogP contribution in [0.1, 0.15) is 5.89 Å². The van der Waals surface area contributed by atoms with Gasteiger partial charge in [0.05, 0.1) is 12.9 Å². The number of anilines is 2. The van der Waals surface area contributed by atoms with Crippen molar-refractivity contribution in [2.75, 3.05) is 17.8 Å². The normalized spacial score (nSPS) is 10.5. The number of methoxy groups -OCH3 is 1. The summed E-state index contributed by atoms with van der Waals surface area (Å²) in [5.74, 6) is 1.70. The number of hydrogen-bond donors (Lipinski definition) is 0. The van der Waals surface area contributed by atoms with Crippen LogP contribution in [0.15, 0.2) is 94.6 Å². The molecule has 0 saturated heterocycles. The van der Waals surface area contributed by atoms with E-state index in [1.54, 1.807) is 18.1 Å². The summed E-state index contributed by atoms with van der Waals surface area (Å²) >= 11 is 1.19. The van der Waals surface area contributed by atoms with E-state index in [4.69, 9.17) is 13.9 Å². The molecule has 7 nitrogen and oxygen atoms in total. The van der Waals surface area contributed by atoms with Crippen molar-refractivity contribution in [2.45, 2.75) is 11.8 Å². The van der Waals surface area contributed by atoms with Crippen LogP contribution in [0.4, 0.5) is 11.4 Å². The number of thioether (sulfide) groups is 1. The summed E-state index contributed by atoms with van der Waals surface area (Å²) in [6.07, 6.45) is 0. The van der Waals surface area contributed by atoms with E-state index in [0.29, 0.717) is 22.6 Å². The topological polar surface area (TPSA) is 77.7 Å². The van der Waals surface area contributed by atoms with Crippen molar-refractivity contribution in [3.8, 4) is 11.5 Å². The van der Waals surface area contributed by atoms with Crippen molar-refractivity contribution in [3.05, 3.63) is 90.8 Å². The Morgan fingerprint density at radius 3 is 2.22 bits per heavy atom. The molecule has 1 heterocycles. The highest BCUT2D eigenvalue weighted by atomic mass is 32.2. The van der Waals surface area contributed by atoms with E-state index < -0.39 is 0 Å². The fourth-order valence-corrected chi connectivity index (χ4v) is 3.60. The van der Waals surface area contributed by atoms with Gasteiger partial charge in [-0.05, 0) is 36.4 Å². The molecular weight excluding hydrogens is 426 g/mol. The average Bonchev–Trinajstić information content (AvgIpc) is 3.31. The van der Waals surface area contributed by atoms with Crippen molar-refractivity contribution in [1.82, 2.24) is 10.2 Å². The minimum absolute atomic E-state index is 0.0974. The van der Waals surface area contributed by atoms with Crippen LogP contribution in [-0.4, -0.2) is 29.0 Å². The van der Waals surface area contributed by atoms with Gasteiger partial charge >= 0.3 is 0 Å². The number of ether oxygens (including phenoxy) is 2. The van der Waals surface area contributed by atoms with Gasteiger partial charge in [-0.3, -0.25) is 9.69 Å². The zero-order chi connectivity index (χ0) is 22.2. The Labute approximate surface area is 190 Å². The second-order valence-corrected chi connectivity index (χ2v) is 7.54. The minimum Gasteiger partial charge on any atom is -0.497 e. The molecule has 0 atom stereocenters. The molecule has 1 amide bonds. The second-order valence-electron chi connectivity index (χ2n) is 6.62. The highest BCUT2D eigenvalue weighted by molar-refractivity contribution is 7.99. The Morgan fingerprint density at radius 1 is 0.906 bits per heavy atom. The zero-order valence-corrected chi connectivity index (χ0v) is 18.2. The number of benzene rings is 3. The first-order valence-electron chi connectivity index (χ1n) is 9.88. The largest absolute Gasteiger partial charge is 0.497 e. The van der Waals surface area contributed by atoms with Crippen molar-refractivity contribution in [1.29, 1.82) is 0 Å². The predicted molar refractivity (Wildman–Crippen MR) is 122 cm³/mol. The van der Waals surface area contributed by atoms with E-state index in [0.717, 1.165) is 11.4 Å². The first-order chi connectivity index (χ1) is 15.7. The van der Waals surface area contributed by atoms with Gasteiger partial charge in [0.1, 0.15) is 11.5 Å². The Morgan fingerprint density at radius 2 is 1.56 bits per heavy atom. The third kappa shape index (κ3) is 5.47.